The number of carbonyl (C=O) groups excluding carboxylic acids is 3. The van der Waals surface area contributed by atoms with E-state index in [1.165, 1.54) is 41.0 Å². The van der Waals surface area contributed by atoms with Crippen LogP contribution in [0.4, 0.5) is 0 Å². The van der Waals surface area contributed by atoms with E-state index in [1.54, 1.807) is 12.1 Å². The van der Waals surface area contributed by atoms with Crippen LogP contribution >= 0.6 is 11.3 Å². The number of benzene rings is 1. The molecule has 3 N–H and O–H groups in total. The molecule has 1 aliphatic carbocycles. The maximum atomic E-state index is 12.4. The molecule has 3 amide bonds. The fourth-order valence-electron chi connectivity index (χ4n) is 3.38. The number of hydrogen-bond donors (Lipinski definition) is 3. The van der Waals surface area contributed by atoms with Gasteiger partial charge in [-0.15, -0.1) is 11.3 Å². The van der Waals surface area contributed by atoms with Gasteiger partial charge >= 0.3 is 0 Å². The Kier molecular flexibility index (Phi) is 7.41. The minimum absolute atomic E-state index is 0.0821. The van der Waals surface area contributed by atoms with Gasteiger partial charge in [0.25, 0.3) is 11.8 Å². The lowest BCUT2D eigenvalue weighted by Gasteiger charge is -2.08. The lowest BCUT2D eigenvalue weighted by molar-refractivity contribution is -0.121. The third-order valence-electron chi connectivity index (χ3n) is 4.95. The summed E-state index contributed by atoms with van der Waals surface area (Å²) in [5.41, 5.74) is 7.73. The average Bonchev–Trinajstić information content (AvgIpc) is 3.08. The molecule has 3 rings (SSSR count). The molecule has 1 aromatic carbocycles. The molecule has 1 aromatic heterocycles. The molecule has 154 valence electrons. The quantitative estimate of drug-likeness (QED) is 0.657. The van der Waals surface area contributed by atoms with Crippen LogP contribution in [0.5, 0.6) is 0 Å². The molecular weight excluding hydrogens is 386 g/mol. The standard InChI is InChI=1S/C22H27N3O3S/c1-15-7-6-9-17(13-15)21(27)23-12-11-20(26)24-25-22(28)19-14-16-8-4-2-3-5-10-18(16)29-19/h6-7,9,13-14H,2-5,8,10-12H2,1H3,(H,23,27)(H,24,26)(H,25,28). The Balaban J connectivity index is 1.41. The van der Waals surface area contributed by atoms with Gasteiger partial charge in [-0.1, -0.05) is 30.5 Å². The lowest BCUT2D eigenvalue weighted by atomic mass is 10.00. The van der Waals surface area contributed by atoms with Crippen molar-refractivity contribution in [2.75, 3.05) is 6.54 Å². The van der Waals surface area contributed by atoms with E-state index in [-0.39, 0.29) is 30.7 Å². The van der Waals surface area contributed by atoms with Crippen LogP contribution in [0, 0.1) is 6.92 Å². The zero-order chi connectivity index (χ0) is 20.6. The molecular formula is C22H27N3O3S. The van der Waals surface area contributed by atoms with Crippen molar-refractivity contribution in [3.63, 3.8) is 0 Å². The number of amides is 3. The first-order valence-corrected chi connectivity index (χ1v) is 10.9. The van der Waals surface area contributed by atoms with Crippen LogP contribution in [0.3, 0.4) is 0 Å². The van der Waals surface area contributed by atoms with Gasteiger partial charge in [0, 0.05) is 23.4 Å². The molecule has 0 aliphatic heterocycles. The van der Waals surface area contributed by atoms with E-state index in [4.69, 9.17) is 0 Å². The number of fused-ring (bicyclic) bond motifs is 1. The number of rotatable bonds is 5. The van der Waals surface area contributed by atoms with Crippen molar-refractivity contribution in [2.45, 2.75) is 51.9 Å². The van der Waals surface area contributed by atoms with Crippen molar-refractivity contribution in [3.8, 4) is 0 Å². The highest BCUT2D eigenvalue weighted by Crippen LogP contribution is 2.28. The zero-order valence-corrected chi connectivity index (χ0v) is 17.5. The largest absolute Gasteiger partial charge is 0.352 e. The number of carbonyl (C=O) groups is 3. The highest BCUT2D eigenvalue weighted by Gasteiger charge is 2.16. The minimum atomic E-state index is -0.349. The molecule has 1 heterocycles. The first-order valence-electron chi connectivity index (χ1n) is 10.1. The minimum Gasteiger partial charge on any atom is -0.352 e. The Morgan fingerprint density at radius 3 is 2.55 bits per heavy atom. The van der Waals surface area contributed by atoms with Crippen LogP contribution in [0.15, 0.2) is 30.3 Å². The van der Waals surface area contributed by atoms with E-state index in [9.17, 15) is 14.4 Å². The maximum Gasteiger partial charge on any atom is 0.279 e. The molecule has 0 unspecified atom stereocenters. The Morgan fingerprint density at radius 2 is 1.76 bits per heavy atom. The molecule has 0 radical (unpaired) electrons. The molecule has 0 fully saturated rings. The smallest absolute Gasteiger partial charge is 0.279 e. The number of nitrogens with one attached hydrogen (secondary N) is 3. The van der Waals surface area contributed by atoms with Crippen LogP contribution in [-0.2, 0) is 17.6 Å². The van der Waals surface area contributed by atoms with Crippen molar-refractivity contribution in [1.82, 2.24) is 16.2 Å². The van der Waals surface area contributed by atoms with Gasteiger partial charge < -0.3 is 5.32 Å². The Morgan fingerprint density at radius 1 is 0.966 bits per heavy atom. The van der Waals surface area contributed by atoms with Gasteiger partial charge in [-0.3, -0.25) is 25.2 Å². The third-order valence-corrected chi connectivity index (χ3v) is 6.19. The topological polar surface area (TPSA) is 87.3 Å². The average molecular weight is 414 g/mol. The van der Waals surface area contributed by atoms with Crippen LogP contribution in [0.2, 0.25) is 0 Å². The molecule has 0 saturated heterocycles. The van der Waals surface area contributed by atoms with E-state index in [2.05, 4.69) is 16.2 Å². The maximum absolute atomic E-state index is 12.4. The predicted octanol–water partition coefficient (Wildman–Crippen LogP) is 3.30. The summed E-state index contributed by atoms with van der Waals surface area (Å²) in [6.45, 7) is 2.11. The van der Waals surface area contributed by atoms with Crippen molar-refractivity contribution in [3.05, 3.63) is 56.8 Å². The van der Waals surface area contributed by atoms with E-state index in [0.717, 1.165) is 24.8 Å². The Hall–Kier alpha value is -2.67. The molecule has 0 bridgehead atoms. The highest BCUT2D eigenvalue weighted by atomic mass is 32.1. The number of aryl methyl sites for hydroxylation is 3. The van der Waals surface area contributed by atoms with E-state index in [1.807, 2.05) is 25.1 Å². The summed E-state index contributed by atoms with van der Waals surface area (Å²) >= 11 is 1.52. The molecule has 2 aromatic rings. The molecule has 7 heteroatoms. The van der Waals surface area contributed by atoms with Gasteiger partial charge in [0.15, 0.2) is 0 Å². The van der Waals surface area contributed by atoms with Crippen LogP contribution in [-0.4, -0.2) is 24.3 Å². The molecule has 29 heavy (non-hydrogen) atoms. The molecule has 1 aliphatic rings. The summed E-state index contributed by atoms with van der Waals surface area (Å²) in [4.78, 5) is 38.3. The second-order valence-corrected chi connectivity index (χ2v) is 8.49. The second-order valence-electron chi connectivity index (χ2n) is 7.35. The van der Waals surface area contributed by atoms with Crippen molar-refractivity contribution < 1.29 is 14.4 Å². The Bertz CT molecular complexity index is 866. The molecule has 0 atom stereocenters. The van der Waals surface area contributed by atoms with Gasteiger partial charge in [0.05, 0.1) is 4.88 Å². The van der Waals surface area contributed by atoms with Gasteiger partial charge in [-0.05, 0) is 56.4 Å². The van der Waals surface area contributed by atoms with Crippen LogP contribution < -0.4 is 16.2 Å². The van der Waals surface area contributed by atoms with Crippen molar-refractivity contribution in [1.29, 1.82) is 0 Å². The number of hydrazine groups is 1. The lowest BCUT2D eigenvalue weighted by Crippen LogP contribution is -2.42. The van der Waals surface area contributed by atoms with E-state index >= 15 is 0 Å². The first kappa shape index (κ1) is 21.0. The SMILES string of the molecule is Cc1cccc(C(=O)NCCC(=O)NNC(=O)c2cc3c(s2)CCCCCC3)c1. The summed E-state index contributed by atoms with van der Waals surface area (Å²) in [6.07, 6.45) is 6.95. The van der Waals surface area contributed by atoms with Crippen molar-refractivity contribution >= 4 is 29.1 Å². The normalized spacial score (nSPS) is 13.6. The van der Waals surface area contributed by atoms with Crippen LogP contribution in [0.1, 0.15) is 68.1 Å². The summed E-state index contributed by atoms with van der Waals surface area (Å²) in [6, 6.07) is 9.21. The fourth-order valence-corrected chi connectivity index (χ4v) is 4.53. The molecule has 0 spiro atoms. The molecule has 0 saturated carbocycles. The fraction of sp³-hybridized carbons (Fsp3) is 0.409. The van der Waals surface area contributed by atoms with Crippen LogP contribution in [0.25, 0.3) is 0 Å². The zero-order valence-electron chi connectivity index (χ0n) is 16.7. The summed E-state index contributed by atoms with van der Waals surface area (Å²) < 4.78 is 0. The van der Waals surface area contributed by atoms with E-state index in [0.29, 0.717) is 10.4 Å². The predicted molar refractivity (Wildman–Crippen MR) is 114 cm³/mol. The molecule has 6 nitrogen and oxygen atoms in total. The number of thiophene rings is 1. The van der Waals surface area contributed by atoms with Crippen molar-refractivity contribution in [2.24, 2.45) is 0 Å². The summed E-state index contributed by atoms with van der Waals surface area (Å²) in [5, 5.41) is 2.71. The Labute approximate surface area is 175 Å². The van der Waals surface area contributed by atoms with Gasteiger partial charge in [0.1, 0.15) is 0 Å². The van der Waals surface area contributed by atoms with Gasteiger partial charge in [-0.2, -0.15) is 0 Å². The monoisotopic (exact) mass is 413 g/mol. The first-order chi connectivity index (χ1) is 14.0. The van der Waals surface area contributed by atoms with Gasteiger partial charge in [-0.25, -0.2) is 0 Å². The summed E-state index contributed by atoms with van der Waals surface area (Å²) in [5.74, 6) is -0.863. The van der Waals surface area contributed by atoms with E-state index < -0.39 is 0 Å². The number of hydrogen-bond acceptors (Lipinski definition) is 4. The summed E-state index contributed by atoms with van der Waals surface area (Å²) in [7, 11) is 0. The highest BCUT2D eigenvalue weighted by molar-refractivity contribution is 7.14. The second kappa shape index (κ2) is 10.2. The van der Waals surface area contributed by atoms with Gasteiger partial charge in [0.2, 0.25) is 5.91 Å². The third kappa shape index (κ3) is 6.15.